The molecule has 5 rings (SSSR count). The van der Waals surface area contributed by atoms with Gasteiger partial charge in [-0.15, -0.1) is 11.3 Å². The number of carbonyl (C=O) groups is 2. The van der Waals surface area contributed by atoms with Crippen LogP contribution in [0.25, 0.3) is 21.3 Å². The zero-order valence-corrected chi connectivity index (χ0v) is 23.5. The molecule has 2 amide bonds. The number of primary amides is 1. The number of thiophene rings is 1. The van der Waals surface area contributed by atoms with Gasteiger partial charge in [-0.2, -0.15) is 13.2 Å². The molecule has 7 nitrogen and oxygen atoms in total. The largest absolute Gasteiger partial charge is 0.484 e. The molecule has 0 saturated carbocycles. The third-order valence-corrected chi connectivity index (χ3v) is 7.61. The van der Waals surface area contributed by atoms with Gasteiger partial charge in [0.2, 0.25) is 0 Å². The molecule has 0 aliphatic carbocycles. The highest BCUT2D eigenvalue weighted by atomic mass is 79.9. The van der Waals surface area contributed by atoms with Crippen LogP contribution in [0.2, 0.25) is 5.02 Å². The van der Waals surface area contributed by atoms with E-state index in [-0.39, 0.29) is 50.0 Å². The molecule has 2 aromatic carbocycles. The minimum absolute atomic E-state index is 0.0248. The summed E-state index contributed by atoms with van der Waals surface area (Å²) in [4.78, 5) is 28.7. The number of nitrogens with one attached hydrogen (secondary N) is 1. The number of hydrogen-bond donors (Lipinski definition) is 2. The van der Waals surface area contributed by atoms with Crippen molar-refractivity contribution in [1.29, 1.82) is 0 Å². The van der Waals surface area contributed by atoms with E-state index in [4.69, 9.17) is 26.5 Å². The van der Waals surface area contributed by atoms with Gasteiger partial charge in [0.05, 0.1) is 10.7 Å². The fraction of sp³-hybridized carbons (Fsp3) is 0.0741. The maximum Gasteiger partial charge on any atom is 0.433 e. The van der Waals surface area contributed by atoms with Crippen molar-refractivity contribution >= 4 is 66.6 Å². The van der Waals surface area contributed by atoms with Crippen LogP contribution in [0, 0.1) is 5.82 Å². The zero-order chi connectivity index (χ0) is 29.5. The van der Waals surface area contributed by atoms with Crippen molar-refractivity contribution in [3.8, 4) is 16.9 Å². The molecule has 3 aromatic heterocycles. The van der Waals surface area contributed by atoms with Crippen molar-refractivity contribution in [2.45, 2.75) is 12.8 Å². The van der Waals surface area contributed by atoms with Crippen LogP contribution in [0.1, 0.15) is 31.7 Å². The lowest BCUT2D eigenvalue weighted by Gasteiger charge is -2.12. The first-order valence-electron chi connectivity index (χ1n) is 11.5. The Bertz CT molecular complexity index is 1810. The number of pyridine rings is 1. The molecule has 0 atom stereocenters. The lowest BCUT2D eigenvalue weighted by molar-refractivity contribution is -0.140. The number of hydrogen-bond acceptors (Lipinski definition) is 6. The van der Waals surface area contributed by atoms with Gasteiger partial charge in [-0.05, 0) is 59.7 Å². The Morgan fingerprint density at radius 3 is 2.49 bits per heavy atom. The van der Waals surface area contributed by atoms with Crippen molar-refractivity contribution in [2.75, 3.05) is 5.32 Å². The second kappa shape index (κ2) is 11.1. The van der Waals surface area contributed by atoms with Crippen LogP contribution >= 0.6 is 38.9 Å². The smallest absolute Gasteiger partial charge is 0.433 e. The molecule has 3 heterocycles. The first-order chi connectivity index (χ1) is 19.4. The number of furan rings is 1. The summed E-state index contributed by atoms with van der Waals surface area (Å²) in [7, 11) is 0. The molecule has 0 bridgehead atoms. The first kappa shape index (κ1) is 28.6. The van der Waals surface area contributed by atoms with Gasteiger partial charge in [-0.25, -0.2) is 9.37 Å². The van der Waals surface area contributed by atoms with E-state index in [1.54, 1.807) is 18.2 Å². The average Bonchev–Trinajstić information content (AvgIpc) is 3.53. The van der Waals surface area contributed by atoms with Crippen LogP contribution in [0.5, 0.6) is 5.75 Å². The summed E-state index contributed by atoms with van der Waals surface area (Å²) in [6.45, 7) is -0.0681. The van der Waals surface area contributed by atoms with Crippen molar-refractivity contribution in [3.05, 3.63) is 98.1 Å². The molecule has 5 aromatic rings. The monoisotopic (exact) mass is 667 g/mol. The number of amides is 2. The van der Waals surface area contributed by atoms with Gasteiger partial charge in [0, 0.05) is 9.86 Å². The number of nitrogens with zero attached hydrogens (tertiary/aromatic N) is 1. The number of nitrogens with two attached hydrogens (primary N) is 1. The predicted octanol–water partition coefficient (Wildman–Crippen LogP) is 8.06. The van der Waals surface area contributed by atoms with Crippen molar-refractivity contribution in [2.24, 2.45) is 5.73 Å². The van der Waals surface area contributed by atoms with Crippen LogP contribution in [-0.2, 0) is 12.8 Å². The Hall–Kier alpha value is -3.94. The number of aromatic nitrogens is 1. The van der Waals surface area contributed by atoms with E-state index >= 15 is 0 Å². The van der Waals surface area contributed by atoms with E-state index in [0.717, 1.165) is 22.7 Å². The van der Waals surface area contributed by atoms with Crippen molar-refractivity contribution in [1.82, 2.24) is 4.98 Å². The maximum absolute atomic E-state index is 13.7. The van der Waals surface area contributed by atoms with Crippen molar-refractivity contribution in [3.63, 3.8) is 0 Å². The number of alkyl halides is 3. The third kappa shape index (κ3) is 6.06. The molecule has 0 aliphatic rings. The number of halogens is 6. The molecular weight excluding hydrogens is 654 g/mol. The predicted molar refractivity (Wildman–Crippen MR) is 149 cm³/mol. The van der Waals surface area contributed by atoms with E-state index in [0.29, 0.717) is 22.1 Å². The van der Waals surface area contributed by atoms with Crippen LogP contribution in [0.15, 0.2) is 69.6 Å². The third-order valence-electron chi connectivity index (χ3n) is 5.72. The molecule has 0 saturated heterocycles. The van der Waals surface area contributed by atoms with Gasteiger partial charge in [-0.3, -0.25) is 9.59 Å². The molecule has 0 spiro atoms. The Balaban J connectivity index is 1.51. The minimum Gasteiger partial charge on any atom is -0.484 e. The topological polar surface area (TPSA) is 107 Å². The summed E-state index contributed by atoms with van der Waals surface area (Å²) in [6, 6.07) is 13.3. The van der Waals surface area contributed by atoms with E-state index in [2.05, 4.69) is 26.2 Å². The van der Waals surface area contributed by atoms with Gasteiger partial charge < -0.3 is 20.2 Å². The second-order valence-electron chi connectivity index (χ2n) is 8.49. The van der Waals surface area contributed by atoms with Gasteiger partial charge in [-0.1, -0.05) is 39.7 Å². The number of benzene rings is 2. The number of rotatable bonds is 7. The molecule has 0 unspecified atom stereocenters. The van der Waals surface area contributed by atoms with Crippen LogP contribution in [0.3, 0.4) is 0 Å². The Morgan fingerprint density at radius 1 is 1.10 bits per heavy atom. The summed E-state index contributed by atoms with van der Waals surface area (Å²) in [6.07, 6.45) is -4.82. The SMILES string of the molecule is NC(=O)c1sc2nc(C(F)(F)F)cc(-c3ccc(F)cc3)c2c1NC(=O)c1ccc(COc2ccc(Br)cc2Cl)o1. The molecule has 0 aliphatic heterocycles. The highest BCUT2D eigenvalue weighted by Crippen LogP contribution is 2.44. The molecule has 0 radical (unpaired) electrons. The fourth-order valence-corrected chi connectivity index (χ4v) is 5.62. The van der Waals surface area contributed by atoms with E-state index in [1.807, 2.05) is 0 Å². The molecule has 210 valence electrons. The normalized spacial score (nSPS) is 11.6. The Morgan fingerprint density at radius 2 is 1.83 bits per heavy atom. The zero-order valence-electron chi connectivity index (χ0n) is 20.3. The lowest BCUT2D eigenvalue weighted by Crippen LogP contribution is -2.16. The number of carbonyl (C=O) groups excluding carboxylic acids is 2. The quantitative estimate of drug-likeness (QED) is 0.171. The summed E-state index contributed by atoms with van der Waals surface area (Å²) in [5.74, 6) is -1.95. The van der Waals surface area contributed by atoms with E-state index in [1.165, 1.54) is 24.3 Å². The van der Waals surface area contributed by atoms with Crippen LogP contribution in [0.4, 0.5) is 23.2 Å². The van der Waals surface area contributed by atoms with Gasteiger partial charge >= 0.3 is 6.18 Å². The molecule has 0 fully saturated rings. The Labute approximate surface area is 246 Å². The Kier molecular flexibility index (Phi) is 7.77. The molecule has 14 heteroatoms. The van der Waals surface area contributed by atoms with Crippen LogP contribution in [-0.4, -0.2) is 16.8 Å². The van der Waals surface area contributed by atoms with Gasteiger partial charge in [0.25, 0.3) is 11.8 Å². The average molecular weight is 669 g/mol. The van der Waals surface area contributed by atoms with E-state index in [9.17, 15) is 27.2 Å². The number of anilines is 1. The number of ether oxygens (including phenoxy) is 1. The second-order valence-corrected chi connectivity index (χ2v) is 10.8. The lowest BCUT2D eigenvalue weighted by atomic mass is 10.0. The molecule has 41 heavy (non-hydrogen) atoms. The summed E-state index contributed by atoms with van der Waals surface area (Å²) in [5, 5.41) is 2.91. The first-order valence-corrected chi connectivity index (χ1v) is 13.5. The fourth-order valence-electron chi connectivity index (χ4n) is 3.89. The highest BCUT2D eigenvalue weighted by molar-refractivity contribution is 9.10. The minimum atomic E-state index is -4.82. The van der Waals surface area contributed by atoms with Crippen LogP contribution < -0.4 is 15.8 Å². The number of fused-ring (bicyclic) bond motifs is 1. The summed E-state index contributed by atoms with van der Waals surface area (Å²) in [5.41, 5.74) is 4.28. The standard InChI is InChI=1S/C27H15BrClF4N3O4S/c28-13-3-7-18(17(29)9-13)39-11-15-6-8-19(40-15)25(38)36-22-21-16(12-1-4-14(30)5-2-12)10-20(27(31,32)33)35-26(21)41-23(22)24(34)37/h1-10H,11H2,(H2,34,37)(H,36,38). The molecule has 3 N–H and O–H groups in total. The summed E-state index contributed by atoms with van der Waals surface area (Å²) < 4.78 is 66.6. The van der Waals surface area contributed by atoms with E-state index < -0.39 is 29.5 Å². The molecular formula is C27H15BrClF4N3O4S. The highest BCUT2D eigenvalue weighted by Gasteiger charge is 2.35. The van der Waals surface area contributed by atoms with Gasteiger partial charge in [0.15, 0.2) is 5.76 Å². The summed E-state index contributed by atoms with van der Waals surface area (Å²) >= 11 is 10.0. The maximum atomic E-state index is 13.7. The van der Waals surface area contributed by atoms with Crippen molar-refractivity contribution < 1.29 is 36.3 Å². The van der Waals surface area contributed by atoms with Gasteiger partial charge in [0.1, 0.15) is 39.3 Å².